The second-order valence-corrected chi connectivity index (χ2v) is 10.5. The van der Waals surface area contributed by atoms with Gasteiger partial charge >= 0.3 is 0 Å². The van der Waals surface area contributed by atoms with E-state index in [0.29, 0.717) is 24.2 Å². The van der Waals surface area contributed by atoms with E-state index >= 15 is 0 Å². The molecule has 2 unspecified atom stereocenters. The van der Waals surface area contributed by atoms with Gasteiger partial charge in [-0.1, -0.05) is 92.8 Å². The predicted molar refractivity (Wildman–Crippen MR) is 165 cm³/mol. The van der Waals surface area contributed by atoms with Gasteiger partial charge < -0.3 is 30.3 Å². The lowest BCUT2D eigenvalue weighted by Gasteiger charge is -2.20. The molecule has 7 nitrogen and oxygen atoms in total. The number of nitrogens with zero attached hydrogens (tertiary/aromatic N) is 1. The van der Waals surface area contributed by atoms with Crippen molar-refractivity contribution in [2.75, 3.05) is 5.32 Å². The molecule has 0 aliphatic rings. The van der Waals surface area contributed by atoms with Crippen molar-refractivity contribution in [3.8, 4) is 11.1 Å². The number of para-hydroxylation sites is 1. The number of allylic oxidation sites excluding steroid dienone is 4. The van der Waals surface area contributed by atoms with Crippen LogP contribution in [0.1, 0.15) is 67.7 Å². The Labute approximate surface area is 242 Å². The predicted octanol–water partition coefficient (Wildman–Crippen LogP) is 5.88. The summed E-state index contributed by atoms with van der Waals surface area (Å²) in [6.07, 6.45) is 4.13. The Morgan fingerprint density at radius 2 is 1.59 bits per heavy atom. The molecule has 1 amide bonds. The maximum atomic E-state index is 14.0. The van der Waals surface area contributed by atoms with Crippen molar-refractivity contribution in [1.82, 2.24) is 4.57 Å². The molecule has 3 rings (SSSR count). The third kappa shape index (κ3) is 8.87. The number of rotatable bonds is 14. The lowest BCUT2D eigenvalue weighted by Crippen LogP contribution is -2.24. The summed E-state index contributed by atoms with van der Waals surface area (Å²) in [5.41, 5.74) is 5.59. The number of hydrogen-bond acceptors (Lipinski definition) is 5. The van der Waals surface area contributed by atoms with Crippen LogP contribution in [0.2, 0.25) is 0 Å². The standard InChI is InChI=1S/C34H42N2O5/c1-5-24(4)13-12-18-29-31(25-14-8-6-9-15-25)32(34(41)35-26-16-10-7-11-17-26)33(23(2)3)36(29)20-19-27(37)21-28(38)22-30(39)40/h5-18,23,27-28,30,37-40H,1,19-22H2,2-4H3,(H,35,41)/b18-12+,24-13-. The molecule has 2 aromatic carbocycles. The summed E-state index contributed by atoms with van der Waals surface area (Å²) in [5.74, 6) is -0.258. The molecule has 3 aromatic rings. The number of carbonyl (C=O) groups is 1. The number of aliphatic hydroxyl groups excluding tert-OH is 3. The van der Waals surface area contributed by atoms with Crippen LogP contribution in [0.25, 0.3) is 17.2 Å². The molecular weight excluding hydrogens is 516 g/mol. The highest BCUT2D eigenvalue weighted by molar-refractivity contribution is 6.11. The zero-order chi connectivity index (χ0) is 29.9. The minimum absolute atomic E-state index is 0.00916. The van der Waals surface area contributed by atoms with Gasteiger partial charge in [0.2, 0.25) is 0 Å². The van der Waals surface area contributed by atoms with Crippen molar-refractivity contribution in [1.29, 1.82) is 0 Å². The van der Waals surface area contributed by atoms with Gasteiger partial charge in [-0.2, -0.15) is 0 Å². The molecule has 0 fully saturated rings. The SMILES string of the molecule is C=C/C(C)=C\C=C\c1c(-c2ccccc2)c(C(=O)Nc2ccccc2)c(C(C)C)n1CCC(O)CC(O)CC(O)O. The van der Waals surface area contributed by atoms with Crippen LogP contribution >= 0.6 is 0 Å². The monoisotopic (exact) mass is 558 g/mol. The van der Waals surface area contributed by atoms with E-state index in [1.54, 1.807) is 6.08 Å². The number of aliphatic hydroxyl groups is 4. The van der Waals surface area contributed by atoms with Gasteiger partial charge in [0.15, 0.2) is 6.29 Å². The maximum absolute atomic E-state index is 14.0. The van der Waals surface area contributed by atoms with Crippen LogP contribution in [-0.4, -0.2) is 49.4 Å². The van der Waals surface area contributed by atoms with Crippen LogP contribution in [-0.2, 0) is 6.54 Å². The summed E-state index contributed by atoms with van der Waals surface area (Å²) in [6.45, 7) is 10.2. The number of benzene rings is 2. The van der Waals surface area contributed by atoms with Crippen molar-refractivity contribution >= 4 is 17.7 Å². The third-order valence-corrected chi connectivity index (χ3v) is 6.86. The van der Waals surface area contributed by atoms with Gasteiger partial charge in [-0.3, -0.25) is 4.79 Å². The van der Waals surface area contributed by atoms with Crippen molar-refractivity contribution < 1.29 is 25.2 Å². The molecule has 0 bridgehead atoms. The zero-order valence-corrected chi connectivity index (χ0v) is 24.1. The topological polar surface area (TPSA) is 115 Å². The minimum Gasteiger partial charge on any atom is -0.393 e. The number of amides is 1. The van der Waals surface area contributed by atoms with Crippen molar-refractivity contribution in [2.24, 2.45) is 0 Å². The van der Waals surface area contributed by atoms with Crippen LogP contribution in [0.3, 0.4) is 0 Å². The first-order valence-corrected chi connectivity index (χ1v) is 14.0. The largest absolute Gasteiger partial charge is 0.393 e. The fraction of sp³-hybridized carbons (Fsp3) is 0.324. The molecule has 0 saturated carbocycles. The maximum Gasteiger partial charge on any atom is 0.258 e. The zero-order valence-electron chi connectivity index (χ0n) is 24.1. The van der Waals surface area contributed by atoms with Gasteiger partial charge in [0.25, 0.3) is 5.91 Å². The molecule has 0 aliphatic carbocycles. The molecule has 0 aliphatic heterocycles. The first kappa shape index (κ1) is 31.8. The smallest absolute Gasteiger partial charge is 0.258 e. The van der Waals surface area contributed by atoms with Crippen LogP contribution in [0.4, 0.5) is 5.69 Å². The van der Waals surface area contributed by atoms with Gasteiger partial charge in [-0.15, -0.1) is 0 Å². The van der Waals surface area contributed by atoms with Crippen molar-refractivity contribution in [2.45, 2.75) is 71.0 Å². The van der Waals surface area contributed by atoms with E-state index in [1.807, 2.05) is 99.7 Å². The highest BCUT2D eigenvalue weighted by Gasteiger charge is 2.29. The van der Waals surface area contributed by atoms with Gasteiger partial charge in [0.1, 0.15) is 0 Å². The van der Waals surface area contributed by atoms with E-state index in [9.17, 15) is 15.0 Å². The molecule has 2 atom stereocenters. The Hall–Kier alpha value is -3.75. The molecule has 0 spiro atoms. The minimum atomic E-state index is -1.64. The third-order valence-electron chi connectivity index (χ3n) is 6.86. The molecule has 0 radical (unpaired) electrons. The van der Waals surface area contributed by atoms with Crippen molar-refractivity contribution in [3.63, 3.8) is 0 Å². The average molecular weight is 559 g/mol. The Bertz CT molecular complexity index is 1340. The van der Waals surface area contributed by atoms with Crippen LogP contribution in [0.5, 0.6) is 0 Å². The quantitative estimate of drug-likeness (QED) is 0.125. The fourth-order valence-electron chi connectivity index (χ4n) is 4.92. The van der Waals surface area contributed by atoms with Crippen LogP contribution in [0, 0.1) is 0 Å². The highest BCUT2D eigenvalue weighted by atomic mass is 16.5. The first-order chi connectivity index (χ1) is 19.6. The first-order valence-electron chi connectivity index (χ1n) is 14.0. The van der Waals surface area contributed by atoms with E-state index in [0.717, 1.165) is 28.1 Å². The Kier molecular flexibility index (Phi) is 11.9. The lowest BCUT2D eigenvalue weighted by molar-refractivity contribution is -0.0758. The number of anilines is 1. The van der Waals surface area contributed by atoms with E-state index in [2.05, 4.69) is 16.5 Å². The van der Waals surface area contributed by atoms with Gasteiger partial charge in [-0.25, -0.2) is 0 Å². The summed E-state index contributed by atoms with van der Waals surface area (Å²) in [4.78, 5) is 14.0. The highest BCUT2D eigenvalue weighted by Crippen LogP contribution is 2.38. The number of carbonyl (C=O) groups excluding carboxylic acids is 1. The fourth-order valence-corrected chi connectivity index (χ4v) is 4.92. The number of hydrogen-bond donors (Lipinski definition) is 5. The van der Waals surface area contributed by atoms with E-state index in [4.69, 9.17) is 10.2 Å². The molecule has 5 N–H and O–H groups in total. The van der Waals surface area contributed by atoms with Crippen LogP contribution in [0.15, 0.2) is 91.0 Å². The Balaban J connectivity index is 2.18. The summed E-state index contributed by atoms with van der Waals surface area (Å²) >= 11 is 0. The van der Waals surface area contributed by atoms with E-state index in [1.165, 1.54) is 0 Å². The summed E-state index contributed by atoms with van der Waals surface area (Å²) < 4.78 is 2.08. The Morgan fingerprint density at radius 3 is 2.17 bits per heavy atom. The molecule has 41 heavy (non-hydrogen) atoms. The summed E-state index contributed by atoms with van der Waals surface area (Å²) in [7, 11) is 0. The van der Waals surface area contributed by atoms with Crippen molar-refractivity contribution in [3.05, 3.63) is 108 Å². The van der Waals surface area contributed by atoms with E-state index in [-0.39, 0.29) is 24.7 Å². The normalized spacial score (nSPS) is 13.6. The number of nitrogens with one attached hydrogen (secondary N) is 1. The van der Waals surface area contributed by atoms with Gasteiger partial charge in [0.05, 0.1) is 17.8 Å². The second kappa shape index (κ2) is 15.3. The lowest BCUT2D eigenvalue weighted by atomic mass is 9.96. The molecule has 218 valence electrons. The van der Waals surface area contributed by atoms with E-state index < -0.39 is 18.5 Å². The van der Waals surface area contributed by atoms with Gasteiger partial charge in [-0.05, 0) is 49.5 Å². The molecule has 7 heteroatoms. The molecule has 1 aromatic heterocycles. The molecule has 0 saturated heterocycles. The molecule has 1 heterocycles. The van der Waals surface area contributed by atoms with Crippen LogP contribution < -0.4 is 5.32 Å². The Morgan fingerprint density at radius 1 is 0.951 bits per heavy atom. The second-order valence-electron chi connectivity index (χ2n) is 10.5. The average Bonchev–Trinajstić information content (AvgIpc) is 3.26. The van der Waals surface area contributed by atoms with Gasteiger partial charge in [0, 0.05) is 35.6 Å². The summed E-state index contributed by atoms with van der Waals surface area (Å²) in [5, 5.41) is 42.3. The number of aromatic nitrogens is 1. The summed E-state index contributed by atoms with van der Waals surface area (Å²) in [6, 6.07) is 19.1. The molecular formula is C34H42N2O5.